The second kappa shape index (κ2) is 6.70. The fraction of sp³-hybridized carbons (Fsp3) is 0.462. The first-order valence-corrected chi connectivity index (χ1v) is 10.1. The van der Waals surface area contributed by atoms with Crippen molar-refractivity contribution in [2.75, 3.05) is 6.61 Å². The van der Waals surface area contributed by atoms with Gasteiger partial charge >= 0.3 is 0 Å². The highest BCUT2D eigenvalue weighted by Crippen LogP contribution is 2.35. The number of aryl methyl sites for hydroxylation is 1. The third-order valence-electron chi connectivity index (χ3n) is 3.66. The molecule has 1 fully saturated rings. The van der Waals surface area contributed by atoms with Gasteiger partial charge in [0.25, 0.3) is 0 Å². The van der Waals surface area contributed by atoms with Crippen molar-refractivity contribution in [2.24, 2.45) is 0 Å². The number of nitrogens with one attached hydrogen (secondary N) is 1. The molecule has 2 atom stereocenters. The highest BCUT2D eigenvalue weighted by atomic mass is 35.5. The van der Waals surface area contributed by atoms with Crippen LogP contribution in [0, 0.1) is 0 Å². The number of thiophene rings is 1. The third-order valence-corrected chi connectivity index (χ3v) is 6.90. The van der Waals surface area contributed by atoms with E-state index in [1.807, 2.05) is 17.7 Å². The van der Waals surface area contributed by atoms with E-state index >= 15 is 0 Å². The van der Waals surface area contributed by atoms with Crippen molar-refractivity contribution in [1.29, 1.82) is 0 Å². The molecule has 0 spiro atoms. The number of sulfonamides is 1. The number of halogens is 2. The van der Waals surface area contributed by atoms with Crippen LogP contribution in [0.15, 0.2) is 23.4 Å². The molecule has 10 heteroatoms. The second-order valence-corrected chi connectivity index (χ2v) is 9.04. The highest BCUT2D eigenvalue weighted by Gasteiger charge is 2.36. The molecule has 3 rings (SSSR count). The summed E-state index contributed by atoms with van der Waals surface area (Å²) in [6.45, 7) is 3.19. The monoisotopic (exact) mass is 395 g/mol. The number of aromatic nitrogens is 2. The van der Waals surface area contributed by atoms with Crippen LogP contribution in [0.2, 0.25) is 8.67 Å². The minimum Gasteiger partial charge on any atom is -0.369 e. The molecule has 1 aliphatic rings. The lowest BCUT2D eigenvalue weighted by atomic mass is 10.1. The molecular weight excluding hydrogens is 381 g/mol. The summed E-state index contributed by atoms with van der Waals surface area (Å²) < 4.78 is 35.9. The van der Waals surface area contributed by atoms with Gasteiger partial charge in [-0.2, -0.15) is 0 Å². The summed E-state index contributed by atoms with van der Waals surface area (Å²) in [6.07, 6.45) is 3.67. The van der Waals surface area contributed by atoms with Gasteiger partial charge in [-0.15, -0.1) is 11.3 Å². The molecule has 0 radical (unpaired) electrons. The van der Waals surface area contributed by atoms with Crippen molar-refractivity contribution >= 4 is 44.6 Å². The van der Waals surface area contributed by atoms with Crippen molar-refractivity contribution < 1.29 is 13.2 Å². The molecule has 3 heterocycles. The zero-order valence-electron chi connectivity index (χ0n) is 12.2. The normalized spacial score (nSPS) is 21.9. The summed E-state index contributed by atoms with van der Waals surface area (Å²) in [5.74, 6) is 0.715. The maximum absolute atomic E-state index is 12.6. The fourth-order valence-corrected chi connectivity index (χ4v) is 6.00. The number of rotatable bonds is 5. The van der Waals surface area contributed by atoms with E-state index in [0.717, 1.165) is 17.9 Å². The van der Waals surface area contributed by atoms with E-state index in [-0.39, 0.29) is 9.23 Å². The SMILES string of the molecule is CCn1ccnc1[C@@H]1OCC[C@H]1NS(=O)(=O)c1cc(Cl)sc1Cl. The summed E-state index contributed by atoms with van der Waals surface area (Å²) in [5.41, 5.74) is 0. The lowest BCUT2D eigenvalue weighted by Crippen LogP contribution is -2.37. The minimum atomic E-state index is -3.77. The van der Waals surface area contributed by atoms with Gasteiger partial charge in [-0.25, -0.2) is 18.1 Å². The number of hydrogen-bond acceptors (Lipinski definition) is 5. The van der Waals surface area contributed by atoms with Crippen LogP contribution in [0.25, 0.3) is 0 Å². The summed E-state index contributed by atoms with van der Waals surface area (Å²) in [6, 6.07) is 0.955. The molecule has 126 valence electrons. The molecule has 1 saturated heterocycles. The predicted octanol–water partition coefficient (Wildman–Crippen LogP) is 3.08. The molecule has 6 nitrogen and oxygen atoms in total. The van der Waals surface area contributed by atoms with Crippen LogP contribution in [-0.4, -0.2) is 30.6 Å². The van der Waals surface area contributed by atoms with Gasteiger partial charge in [-0.05, 0) is 19.4 Å². The van der Waals surface area contributed by atoms with Crippen LogP contribution >= 0.6 is 34.5 Å². The summed E-state index contributed by atoms with van der Waals surface area (Å²) in [4.78, 5) is 4.30. The Balaban J connectivity index is 1.85. The minimum absolute atomic E-state index is 0.00125. The van der Waals surface area contributed by atoms with E-state index in [2.05, 4.69) is 9.71 Å². The molecule has 1 N–H and O–H groups in total. The number of ether oxygens (including phenoxy) is 1. The van der Waals surface area contributed by atoms with Crippen molar-refractivity contribution in [3.05, 3.63) is 33.0 Å². The second-order valence-electron chi connectivity index (χ2n) is 5.07. The summed E-state index contributed by atoms with van der Waals surface area (Å²) in [5, 5.41) is 0. The third kappa shape index (κ3) is 3.42. The molecule has 0 saturated carbocycles. The van der Waals surface area contributed by atoms with Gasteiger partial charge in [0, 0.05) is 25.5 Å². The Morgan fingerprint density at radius 3 is 2.96 bits per heavy atom. The molecule has 0 amide bonds. The Kier molecular flexibility index (Phi) is 5.01. The van der Waals surface area contributed by atoms with Gasteiger partial charge in [-0.1, -0.05) is 23.2 Å². The van der Waals surface area contributed by atoms with Crippen LogP contribution in [0.1, 0.15) is 25.3 Å². The van der Waals surface area contributed by atoms with Gasteiger partial charge in [-0.3, -0.25) is 0 Å². The van der Waals surface area contributed by atoms with Crippen molar-refractivity contribution in [1.82, 2.24) is 14.3 Å². The van der Waals surface area contributed by atoms with Crippen LogP contribution in [0.4, 0.5) is 0 Å². The maximum Gasteiger partial charge on any atom is 0.243 e. The van der Waals surface area contributed by atoms with Crippen molar-refractivity contribution in [3.63, 3.8) is 0 Å². The summed E-state index contributed by atoms with van der Waals surface area (Å²) >= 11 is 12.8. The van der Waals surface area contributed by atoms with Crippen LogP contribution < -0.4 is 4.72 Å². The zero-order chi connectivity index (χ0) is 16.6. The molecule has 1 aliphatic heterocycles. The fourth-order valence-electron chi connectivity index (χ4n) is 2.58. The Labute approximate surface area is 148 Å². The zero-order valence-corrected chi connectivity index (χ0v) is 15.3. The Hall–Kier alpha value is -0.640. The van der Waals surface area contributed by atoms with Crippen LogP contribution in [0.5, 0.6) is 0 Å². The number of hydrogen-bond donors (Lipinski definition) is 1. The molecule has 0 aliphatic carbocycles. The van der Waals surface area contributed by atoms with Crippen molar-refractivity contribution in [2.45, 2.75) is 36.9 Å². The largest absolute Gasteiger partial charge is 0.369 e. The van der Waals surface area contributed by atoms with E-state index in [0.29, 0.717) is 23.2 Å². The standard InChI is InChI=1S/C13H15Cl2N3O3S2/c1-2-18-5-4-16-13(18)11-8(3-6-21-11)17-23(19,20)9-7-10(14)22-12(9)15/h4-5,7-8,11,17H,2-3,6H2,1H3/t8-,11-/m1/s1. The van der Waals surface area contributed by atoms with Crippen molar-refractivity contribution in [3.8, 4) is 0 Å². The van der Waals surface area contributed by atoms with E-state index in [4.69, 9.17) is 27.9 Å². The van der Waals surface area contributed by atoms with Crippen LogP contribution in [0.3, 0.4) is 0 Å². The Bertz CT molecular complexity index is 803. The highest BCUT2D eigenvalue weighted by molar-refractivity contribution is 7.89. The van der Waals surface area contributed by atoms with Gasteiger partial charge in [0.2, 0.25) is 10.0 Å². The lowest BCUT2D eigenvalue weighted by Gasteiger charge is -2.20. The van der Waals surface area contributed by atoms with E-state index < -0.39 is 22.2 Å². The molecule has 23 heavy (non-hydrogen) atoms. The molecule has 2 aromatic rings. The Morgan fingerprint density at radius 1 is 1.52 bits per heavy atom. The quantitative estimate of drug-likeness (QED) is 0.843. The number of nitrogens with zero attached hydrogens (tertiary/aromatic N) is 2. The summed E-state index contributed by atoms with van der Waals surface area (Å²) in [7, 11) is -3.77. The van der Waals surface area contributed by atoms with Crippen LogP contribution in [-0.2, 0) is 21.3 Å². The maximum atomic E-state index is 12.6. The average Bonchev–Trinajstić information content (AvgIpc) is 3.17. The molecule has 2 aromatic heterocycles. The van der Waals surface area contributed by atoms with Gasteiger partial charge in [0.05, 0.1) is 10.4 Å². The Morgan fingerprint density at radius 2 is 2.30 bits per heavy atom. The van der Waals surface area contributed by atoms with E-state index in [9.17, 15) is 8.42 Å². The first-order chi connectivity index (χ1) is 10.9. The topological polar surface area (TPSA) is 73.2 Å². The van der Waals surface area contributed by atoms with Gasteiger partial charge in [0.15, 0.2) is 0 Å². The van der Waals surface area contributed by atoms with Gasteiger partial charge < -0.3 is 9.30 Å². The lowest BCUT2D eigenvalue weighted by molar-refractivity contribution is 0.0926. The average molecular weight is 396 g/mol. The van der Waals surface area contributed by atoms with E-state index in [1.165, 1.54) is 6.07 Å². The first-order valence-electron chi connectivity index (χ1n) is 7.02. The number of imidazole rings is 1. The van der Waals surface area contributed by atoms with E-state index in [1.54, 1.807) is 6.20 Å². The molecule has 0 aromatic carbocycles. The molecular formula is C13H15Cl2N3O3S2. The van der Waals surface area contributed by atoms with Gasteiger partial charge in [0.1, 0.15) is 21.2 Å². The smallest absolute Gasteiger partial charge is 0.243 e. The molecule has 0 bridgehead atoms. The first kappa shape index (κ1) is 17.2. The molecule has 0 unspecified atom stereocenters. The predicted molar refractivity (Wildman–Crippen MR) is 89.7 cm³/mol.